The highest BCUT2D eigenvalue weighted by atomic mass is 16.5. The van der Waals surface area contributed by atoms with Crippen LogP contribution in [-0.4, -0.2) is 26.0 Å². The summed E-state index contributed by atoms with van der Waals surface area (Å²) < 4.78 is 10.2. The monoisotopic (exact) mass is 376 g/mol. The first kappa shape index (κ1) is 19.0. The van der Waals surface area contributed by atoms with Gasteiger partial charge in [-0.3, -0.25) is 9.59 Å². The summed E-state index contributed by atoms with van der Waals surface area (Å²) in [4.78, 5) is 24.7. The quantitative estimate of drug-likeness (QED) is 0.676. The zero-order valence-electron chi connectivity index (χ0n) is 15.6. The van der Waals surface area contributed by atoms with Crippen LogP contribution in [0.2, 0.25) is 0 Å². The molecule has 142 valence electrons. The van der Waals surface area contributed by atoms with E-state index in [1.165, 1.54) is 0 Å². The number of nitrogens with one attached hydrogen (secondary N) is 2. The average molecular weight is 376 g/mol. The van der Waals surface area contributed by atoms with Gasteiger partial charge in [-0.2, -0.15) is 0 Å². The van der Waals surface area contributed by atoms with Crippen molar-refractivity contribution >= 4 is 23.2 Å². The van der Waals surface area contributed by atoms with Crippen LogP contribution in [-0.2, 0) is 0 Å². The van der Waals surface area contributed by atoms with Crippen molar-refractivity contribution in [1.29, 1.82) is 0 Å². The lowest BCUT2D eigenvalue weighted by atomic mass is 10.1. The van der Waals surface area contributed by atoms with Crippen molar-refractivity contribution in [2.75, 3.05) is 24.9 Å². The van der Waals surface area contributed by atoms with Crippen LogP contribution in [0.1, 0.15) is 20.7 Å². The number of hydrogen-bond acceptors (Lipinski definition) is 4. The normalized spacial score (nSPS) is 10.1. The molecule has 0 aliphatic carbocycles. The second kappa shape index (κ2) is 8.73. The van der Waals surface area contributed by atoms with Crippen LogP contribution in [0.3, 0.4) is 0 Å². The number of carbonyl (C=O) groups excluding carboxylic acids is 2. The van der Waals surface area contributed by atoms with E-state index in [4.69, 9.17) is 9.47 Å². The van der Waals surface area contributed by atoms with Gasteiger partial charge in [0, 0.05) is 28.6 Å². The molecule has 0 unspecified atom stereocenters. The first-order valence-electron chi connectivity index (χ1n) is 8.60. The minimum absolute atomic E-state index is 0.240. The lowest BCUT2D eigenvalue weighted by Crippen LogP contribution is -2.13. The van der Waals surface area contributed by atoms with E-state index < -0.39 is 0 Å². The maximum atomic E-state index is 12.4. The highest BCUT2D eigenvalue weighted by molar-refractivity contribution is 6.06. The summed E-state index contributed by atoms with van der Waals surface area (Å²) >= 11 is 0. The summed E-state index contributed by atoms with van der Waals surface area (Å²) in [7, 11) is 3.14. The molecule has 3 aromatic carbocycles. The Bertz CT molecular complexity index is 967. The Morgan fingerprint density at radius 3 is 1.75 bits per heavy atom. The van der Waals surface area contributed by atoms with E-state index in [-0.39, 0.29) is 11.8 Å². The summed E-state index contributed by atoms with van der Waals surface area (Å²) in [5, 5.41) is 5.61. The third kappa shape index (κ3) is 4.67. The Hall–Kier alpha value is -3.80. The van der Waals surface area contributed by atoms with Gasteiger partial charge < -0.3 is 20.1 Å². The molecule has 0 radical (unpaired) electrons. The smallest absolute Gasteiger partial charge is 0.255 e. The molecule has 6 nitrogen and oxygen atoms in total. The molecule has 0 spiro atoms. The van der Waals surface area contributed by atoms with Crippen LogP contribution in [0.25, 0.3) is 0 Å². The minimum Gasteiger partial charge on any atom is -0.497 e. The van der Waals surface area contributed by atoms with Crippen molar-refractivity contribution in [3.05, 3.63) is 83.9 Å². The molecular weight excluding hydrogens is 356 g/mol. The Kier molecular flexibility index (Phi) is 5.91. The summed E-state index contributed by atoms with van der Waals surface area (Å²) in [6, 6.07) is 20.6. The fourth-order valence-electron chi connectivity index (χ4n) is 2.55. The van der Waals surface area contributed by atoms with Crippen molar-refractivity contribution < 1.29 is 19.1 Å². The third-order valence-corrected chi connectivity index (χ3v) is 4.08. The molecule has 0 saturated heterocycles. The molecule has 0 atom stereocenters. The number of hydrogen-bond donors (Lipinski definition) is 2. The van der Waals surface area contributed by atoms with Gasteiger partial charge in [-0.15, -0.1) is 0 Å². The molecule has 6 heteroatoms. The van der Waals surface area contributed by atoms with Gasteiger partial charge in [0.25, 0.3) is 11.8 Å². The Morgan fingerprint density at radius 1 is 0.643 bits per heavy atom. The average Bonchev–Trinajstić information content (AvgIpc) is 2.74. The second-order valence-electron chi connectivity index (χ2n) is 5.95. The molecular formula is C22H20N2O4. The van der Waals surface area contributed by atoms with Crippen LogP contribution in [0.5, 0.6) is 11.5 Å². The van der Waals surface area contributed by atoms with E-state index in [0.717, 1.165) is 0 Å². The number of carbonyl (C=O) groups is 2. The maximum absolute atomic E-state index is 12.4. The number of ether oxygens (including phenoxy) is 2. The lowest BCUT2D eigenvalue weighted by Gasteiger charge is -2.09. The predicted molar refractivity (Wildman–Crippen MR) is 108 cm³/mol. The number of benzene rings is 3. The second-order valence-corrected chi connectivity index (χ2v) is 5.95. The molecule has 0 heterocycles. The predicted octanol–water partition coefficient (Wildman–Crippen LogP) is 4.21. The fraction of sp³-hybridized carbons (Fsp3) is 0.0909. The van der Waals surface area contributed by atoms with E-state index in [2.05, 4.69) is 10.6 Å². The van der Waals surface area contributed by atoms with Crippen molar-refractivity contribution in [2.45, 2.75) is 0 Å². The fourth-order valence-corrected chi connectivity index (χ4v) is 2.55. The standard InChI is InChI=1S/C22H20N2O4/c1-27-19-12-8-16(9-13-19)21(25)23-17-10-6-15(7-11-17)22(26)24-18-4-3-5-20(14-18)28-2/h3-14H,1-2H3,(H,23,25)(H,24,26). The molecule has 0 aromatic heterocycles. The van der Waals surface area contributed by atoms with Gasteiger partial charge in [-0.25, -0.2) is 0 Å². The Labute approximate surface area is 163 Å². The Morgan fingerprint density at radius 2 is 1.18 bits per heavy atom. The summed E-state index contributed by atoms with van der Waals surface area (Å²) in [6.07, 6.45) is 0. The van der Waals surface area contributed by atoms with Crippen molar-refractivity contribution in [3.63, 3.8) is 0 Å². The molecule has 0 bridgehead atoms. The van der Waals surface area contributed by atoms with Gasteiger partial charge in [0.15, 0.2) is 0 Å². The zero-order valence-corrected chi connectivity index (χ0v) is 15.6. The zero-order chi connectivity index (χ0) is 19.9. The maximum Gasteiger partial charge on any atom is 0.255 e. The van der Waals surface area contributed by atoms with E-state index in [1.54, 1.807) is 87.0 Å². The minimum atomic E-state index is -0.249. The van der Waals surface area contributed by atoms with E-state index in [0.29, 0.717) is 34.0 Å². The van der Waals surface area contributed by atoms with Crippen LogP contribution in [0, 0.1) is 0 Å². The van der Waals surface area contributed by atoms with Crippen molar-refractivity contribution in [1.82, 2.24) is 0 Å². The number of rotatable bonds is 6. The van der Waals surface area contributed by atoms with Gasteiger partial charge in [0.05, 0.1) is 14.2 Å². The number of amides is 2. The van der Waals surface area contributed by atoms with E-state index >= 15 is 0 Å². The van der Waals surface area contributed by atoms with Crippen molar-refractivity contribution in [3.8, 4) is 11.5 Å². The van der Waals surface area contributed by atoms with Gasteiger partial charge >= 0.3 is 0 Å². The summed E-state index contributed by atoms with van der Waals surface area (Å²) in [6.45, 7) is 0. The van der Waals surface area contributed by atoms with Crippen LogP contribution >= 0.6 is 0 Å². The molecule has 2 N–H and O–H groups in total. The first-order chi connectivity index (χ1) is 13.6. The first-order valence-corrected chi connectivity index (χ1v) is 8.60. The molecule has 2 amide bonds. The molecule has 28 heavy (non-hydrogen) atoms. The highest BCUT2D eigenvalue weighted by Gasteiger charge is 2.09. The van der Waals surface area contributed by atoms with E-state index in [1.807, 2.05) is 0 Å². The van der Waals surface area contributed by atoms with Gasteiger partial charge in [0.1, 0.15) is 11.5 Å². The summed E-state index contributed by atoms with van der Waals surface area (Å²) in [5.41, 5.74) is 2.23. The molecule has 3 aromatic rings. The van der Waals surface area contributed by atoms with Crippen LogP contribution in [0.4, 0.5) is 11.4 Å². The molecule has 0 aliphatic rings. The third-order valence-electron chi connectivity index (χ3n) is 4.08. The number of methoxy groups -OCH3 is 2. The topological polar surface area (TPSA) is 76.7 Å². The van der Waals surface area contributed by atoms with Gasteiger partial charge in [-0.05, 0) is 60.7 Å². The number of anilines is 2. The van der Waals surface area contributed by atoms with Crippen LogP contribution in [0.15, 0.2) is 72.8 Å². The molecule has 0 fully saturated rings. The van der Waals surface area contributed by atoms with Crippen LogP contribution < -0.4 is 20.1 Å². The molecule has 3 rings (SSSR count). The Balaban J connectivity index is 1.63. The van der Waals surface area contributed by atoms with Crippen molar-refractivity contribution in [2.24, 2.45) is 0 Å². The summed E-state index contributed by atoms with van der Waals surface area (Å²) in [5.74, 6) is 0.856. The molecule has 0 aliphatic heterocycles. The lowest BCUT2D eigenvalue weighted by molar-refractivity contribution is 0.102. The van der Waals surface area contributed by atoms with Gasteiger partial charge in [0.2, 0.25) is 0 Å². The molecule has 0 saturated carbocycles. The van der Waals surface area contributed by atoms with Gasteiger partial charge in [-0.1, -0.05) is 6.07 Å². The highest BCUT2D eigenvalue weighted by Crippen LogP contribution is 2.19. The van der Waals surface area contributed by atoms with E-state index in [9.17, 15) is 9.59 Å². The largest absolute Gasteiger partial charge is 0.497 e. The SMILES string of the molecule is COc1ccc(C(=O)Nc2ccc(C(=O)Nc3cccc(OC)c3)cc2)cc1.